The molecule has 0 aromatic rings. The van der Waals surface area contributed by atoms with Crippen molar-refractivity contribution in [2.45, 2.75) is 38.4 Å². The van der Waals surface area contributed by atoms with Crippen molar-refractivity contribution in [1.82, 2.24) is 0 Å². The first-order valence-electron chi connectivity index (χ1n) is 3.60. The first kappa shape index (κ1) is 7.03. The molecule has 0 unspecified atom stereocenters. The molecular weight excluding hydrogens is 116 g/mol. The van der Waals surface area contributed by atoms with Crippen LogP contribution in [-0.2, 0) is 4.74 Å². The van der Waals surface area contributed by atoms with Gasteiger partial charge in [0.15, 0.2) is 0 Å². The predicted octanol–water partition coefficient (Wildman–Crippen LogP) is 0.936. The lowest BCUT2D eigenvalue weighted by Gasteiger charge is -2.24. The maximum Gasteiger partial charge on any atom is 0.0831 e. The van der Waals surface area contributed by atoms with Gasteiger partial charge in [-0.3, -0.25) is 0 Å². The van der Waals surface area contributed by atoms with Gasteiger partial charge in [0.2, 0.25) is 0 Å². The summed E-state index contributed by atoms with van der Waals surface area (Å²) in [5, 5.41) is 9.05. The molecule has 0 bridgehead atoms. The minimum Gasteiger partial charge on any atom is -0.391 e. The number of aliphatic hydroxyl groups excluding tert-OH is 1. The van der Waals surface area contributed by atoms with Gasteiger partial charge >= 0.3 is 0 Å². The number of aliphatic hydroxyl groups is 1. The average molecular weight is 130 g/mol. The second-order valence-corrected chi connectivity index (χ2v) is 2.65. The molecule has 1 fully saturated rings. The van der Waals surface area contributed by atoms with Crippen LogP contribution in [0.2, 0.25) is 0 Å². The highest BCUT2D eigenvalue weighted by Gasteiger charge is 2.17. The Morgan fingerprint density at radius 1 is 1.56 bits per heavy atom. The fourth-order valence-corrected chi connectivity index (χ4v) is 1.15. The average Bonchev–Trinajstić information content (AvgIpc) is 1.90. The van der Waals surface area contributed by atoms with E-state index in [0.717, 1.165) is 19.4 Å². The van der Waals surface area contributed by atoms with Crippen LogP contribution in [0.4, 0.5) is 0 Å². The number of hydrogen-bond donors (Lipinski definition) is 1. The van der Waals surface area contributed by atoms with Gasteiger partial charge in [0.05, 0.1) is 12.2 Å². The number of hydrogen-bond acceptors (Lipinski definition) is 2. The molecule has 0 aromatic carbocycles. The second kappa shape index (κ2) is 3.18. The van der Waals surface area contributed by atoms with Crippen LogP contribution in [0, 0.1) is 0 Å². The van der Waals surface area contributed by atoms with E-state index in [0.29, 0.717) is 0 Å². The van der Waals surface area contributed by atoms with Crippen LogP contribution in [-0.4, -0.2) is 23.9 Å². The zero-order chi connectivity index (χ0) is 6.69. The minimum absolute atomic E-state index is 0.110. The third-order valence-electron chi connectivity index (χ3n) is 1.75. The quantitative estimate of drug-likeness (QED) is 0.572. The summed E-state index contributed by atoms with van der Waals surface area (Å²) in [7, 11) is 0. The van der Waals surface area contributed by atoms with E-state index in [1.165, 1.54) is 6.42 Å². The molecule has 0 aliphatic carbocycles. The monoisotopic (exact) mass is 130 g/mol. The maximum atomic E-state index is 9.05. The first-order chi connectivity index (χ1) is 4.30. The lowest BCUT2D eigenvalue weighted by molar-refractivity contribution is -0.0544. The minimum atomic E-state index is -0.287. The van der Waals surface area contributed by atoms with Gasteiger partial charge in [-0.2, -0.15) is 0 Å². The Kier molecular flexibility index (Phi) is 2.49. The third kappa shape index (κ3) is 1.95. The molecule has 0 saturated carbocycles. The van der Waals surface area contributed by atoms with Crippen LogP contribution in [0.15, 0.2) is 0 Å². The normalized spacial score (nSPS) is 32.0. The van der Waals surface area contributed by atoms with E-state index in [-0.39, 0.29) is 12.2 Å². The molecule has 0 spiro atoms. The molecule has 9 heavy (non-hydrogen) atoms. The SMILES string of the molecule is C[C@@H](O)[C@@H]1CCCCO1. The molecule has 1 rings (SSSR count). The van der Waals surface area contributed by atoms with Crippen LogP contribution >= 0.6 is 0 Å². The fourth-order valence-electron chi connectivity index (χ4n) is 1.15. The molecule has 0 radical (unpaired) electrons. The topological polar surface area (TPSA) is 29.5 Å². The third-order valence-corrected chi connectivity index (χ3v) is 1.75. The van der Waals surface area contributed by atoms with Crippen molar-refractivity contribution in [2.24, 2.45) is 0 Å². The van der Waals surface area contributed by atoms with Crippen molar-refractivity contribution in [1.29, 1.82) is 0 Å². The summed E-state index contributed by atoms with van der Waals surface area (Å²) in [6.07, 6.45) is 3.21. The summed E-state index contributed by atoms with van der Waals surface area (Å²) in [6, 6.07) is 0. The molecule has 0 aromatic heterocycles. The van der Waals surface area contributed by atoms with E-state index in [2.05, 4.69) is 0 Å². The Balaban J connectivity index is 2.23. The van der Waals surface area contributed by atoms with E-state index in [1.54, 1.807) is 6.92 Å². The summed E-state index contributed by atoms with van der Waals surface area (Å²) in [5.74, 6) is 0. The highest BCUT2D eigenvalue weighted by Crippen LogP contribution is 2.14. The van der Waals surface area contributed by atoms with E-state index in [1.807, 2.05) is 0 Å². The van der Waals surface area contributed by atoms with Gasteiger partial charge in [-0.1, -0.05) is 0 Å². The molecule has 2 nitrogen and oxygen atoms in total. The summed E-state index contributed by atoms with van der Waals surface area (Å²) >= 11 is 0. The zero-order valence-corrected chi connectivity index (χ0v) is 5.84. The molecular formula is C7H14O2. The molecule has 1 aliphatic rings. The Morgan fingerprint density at radius 2 is 2.33 bits per heavy atom. The van der Waals surface area contributed by atoms with E-state index in [9.17, 15) is 0 Å². The highest BCUT2D eigenvalue weighted by molar-refractivity contribution is 4.67. The Hall–Kier alpha value is -0.0800. The van der Waals surface area contributed by atoms with Crippen LogP contribution < -0.4 is 0 Å². The van der Waals surface area contributed by atoms with E-state index < -0.39 is 0 Å². The first-order valence-corrected chi connectivity index (χ1v) is 3.60. The number of ether oxygens (including phenoxy) is 1. The summed E-state index contributed by atoms with van der Waals surface area (Å²) in [6.45, 7) is 2.62. The predicted molar refractivity (Wildman–Crippen MR) is 35.3 cm³/mol. The van der Waals surface area contributed by atoms with Gasteiger partial charge in [0, 0.05) is 6.61 Å². The summed E-state index contributed by atoms with van der Waals surface area (Å²) in [5.41, 5.74) is 0. The van der Waals surface area contributed by atoms with Crippen LogP contribution in [0.1, 0.15) is 26.2 Å². The van der Waals surface area contributed by atoms with Gasteiger partial charge in [0.25, 0.3) is 0 Å². The number of rotatable bonds is 1. The largest absolute Gasteiger partial charge is 0.391 e. The molecule has 2 heteroatoms. The second-order valence-electron chi connectivity index (χ2n) is 2.65. The molecule has 1 heterocycles. The Morgan fingerprint density at radius 3 is 2.67 bits per heavy atom. The molecule has 1 N–H and O–H groups in total. The standard InChI is InChI=1S/C7H14O2/c1-6(8)7-4-2-3-5-9-7/h6-8H,2-5H2,1H3/t6-,7+/m1/s1. The van der Waals surface area contributed by atoms with Gasteiger partial charge in [0.1, 0.15) is 0 Å². The van der Waals surface area contributed by atoms with Crippen molar-refractivity contribution < 1.29 is 9.84 Å². The van der Waals surface area contributed by atoms with Crippen molar-refractivity contribution in [3.05, 3.63) is 0 Å². The highest BCUT2D eigenvalue weighted by atomic mass is 16.5. The Labute approximate surface area is 55.8 Å². The van der Waals surface area contributed by atoms with Crippen molar-refractivity contribution in [3.8, 4) is 0 Å². The Bertz CT molecular complexity index is 75.0. The molecule has 2 atom stereocenters. The molecule has 54 valence electrons. The van der Waals surface area contributed by atoms with Gasteiger partial charge in [-0.05, 0) is 26.2 Å². The summed E-state index contributed by atoms with van der Waals surface area (Å²) in [4.78, 5) is 0. The van der Waals surface area contributed by atoms with Gasteiger partial charge in [-0.25, -0.2) is 0 Å². The summed E-state index contributed by atoms with van der Waals surface area (Å²) < 4.78 is 5.29. The van der Waals surface area contributed by atoms with Crippen molar-refractivity contribution in [2.75, 3.05) is 6.61 Å². The van der Waals surface area contributed by atoms with Crippen molar-refractivity contribution in [3.63, 3.8) is 0 Å². The fraction of sp³-hybridized carbons (Fsp3) is 1.00. The van der Waals surface area contributed by atoms with E-state index >= 15 is 0 Å². The maximum absolute atomic E-state index is 9.05. The molecule has 1 saturated heterocycles. The van der Waals surface area contributed by atoms with Crippen LogP contribution in [0.25, 0.3) is 0 Å². The van der Waals surface area contributed by atoms with E-state index in [4.69, 9.17) is 9.84 Å². The van der Waals surface area contributed by atoms with Gasteiger partial charge in [-0.15, -0.1) is 0 Å². The lowest BCUT2D eigenvalue weighted by Crippen LogP contribution is -2.29. The lowest BCUT2D eigenvalue weighted by atomic mass is 10.1. The molecule has 1 aliphatic heterocycles. The van der Waals surface area contributed by atoms with Crippen molar-refractivity contribution >= 4 is 0 Å². The smallest absolute Gasteiger partial charge is 0.0831 e. The van der Waals surface area contributed by atoms with Crippen LogP contribution in [0.5, 0.6) is 0 Å². The zero-order valence-electron chi connectivity index (χ0n) is 5.84. The molecule has 0 amide bonds. The van der Waals surface area contributed by atoms with Crippen LogP contribution in [0.3, 0.4) is 0 Å². The van der Waals surface area contributed by atoms with Gasteiger partial charge < -0.3 is 9.84 Å².